The molecule has 1 atom stereocenters. The van der Waals surface area contributed by atoms with E-state index in [4.69, 9.17) is 9.52 Å². The van der Waals surface area contributed by atoms with Gasteiger partial charge in [0.05, 0.1) is 0 Å². The maximum atomic E-state index is 11.7. The lowest BCUT2D eigenvalue weighted by Crippen LogP contribution is -2.34. The monoisotopic (exact) mass is 221 g/mol. The Morgan fingerprint density at radius 1 is 1.62 bits per heavy atom. The Labute approximate surface area is 91.1 Å². The van der Waals surface area contributed by atoms with E-state index in [0.717, 1.165) is 0 Å². The third-order valence-corrected chi connectivity index (χ3v) is 2.54. The minimum atomic E-state index is -1.00. The number of fused-ring (bicyclic) bond motifs is 1. The molecule has 1 unspecified atom stereocenters. The zero-order valence-electron chi connectivity index (χ0n) is 8.98. The summed E-state index contributed by atoms with van der Waals surface area (Å²) in [5.74, 6) is -1.11. The molecule has 0 amide bonds. The smallest absolute Gasteiger partial charge is 0.312 e. The highest BCUT2D eigenvalue weighted by molar-refractivity contribution is 6.17. The summed E-state index contributed by atoms with van der Waals surface area (Å²) in [6.45, 7) is 3.45. The number of Topliss-reactive ketones (excluding diaryl/α,β-unsaturated/α-hetero) is 1. The standard InChI is InChI=1S/C11H11NO4/c1-5-3-7-10(6(2)11(5)15)12-8(16-7)4-9(13)14/h3,5H,4H2,1-2H3,(H,13,14). The lowest BCUT2D eigenvalue weighted by Gasteiger charge is -2.06. The molecule has 0 aromatic carbocycles. The van der Waals surface area contributed by atoms with Crippen LogP contribution in [-0.4, -0.2) is 21.8 Å². The molecular weight excluding hydrogens is 210 g/mol. The molecule has 0 aliphatic heterocycles. The second kappa shape index (κ2) is 3.59. The minimum Gasteiger partial charge on any atom is -0.481 e. The van der Waals surface area contributed by atoms with Gasteiger partial charge in [0.15, 0.2) is 11.2 Å². The highest BCUT2D eigenvalue weighted by Gasteiger charge is 2.21. The topological polar surface area (TPSA) is 80.4 Å². The maximum Gasteiger partial charge on any atom is 0.312 e. The van der Waals surface area contributed by atoms with Crippen LogP contribution < -0.4 is 10.8 Å². The van der Waals surface area contributed by atoms with E-state index < -0.39 is 5.97 Å². The lowest BCUT2D eigenvalue weighted by atomic mass is 9.96. The summed E-state index contributed by atoms with van der Waals surface area (Å²) in [6, 6.07) is 0. The molecule has 0 radical (unpaired) electrons. The van der Waals surface area contributed by atoms with Crippen molar-refractivity contribution in [2.75, 3.05) is 0 Å². The molecule has 1 aromatic heterocycles. The van der Waals surface area contributed by atoms with E-state index in [1.165, 1.54) is 0 Å². The largest absolute Gasteiger partial charge is 0.481 e. The zero-order valence-corrected chi connectivity index (χ0v) is 8.98. The Balaban J connectivity index is 2.60. The van der Waals surface area contributed by atoms with Crippen molar-refractivity contribution in [1.82, 2.24) is 4.98 Å². The van der Waals surface area contributed by atoms with Crippen LogP contribution in [0.2, 0.25) is 0 Å². The van der Waals surface area contributed by atoms with E-state index >= 15 is 0 Å². The Kier molecular flexibility index (Phi) is 2.38. The molecular formula is C11H11NO4. The number of hydrogen-bond donors (Lipinski definition) is 1. The summed E-state index contributed by atoms with van der Waals surface area (Å²) < 4.78 is 5.29. The molecule has 0 saturated heterocycles. The van der Waals surface area contributed by atoms with Gasteiger partial charge in [-0.1, -0.05) is 6.92 Å². The van der Waals surface area contributed by atoms with Gasteiger partial charge < -0.3 is 9.52 Å². The average molecular weight is 221 g/mol. The van der Waals surface area contributed by atoms with Crippen LogP contribution in [0.1, 0.15) is 19.7 Å². The number of carboxylic acids is 1. The predicted octanol–water partition coefficient (Wildman–Crippen LogP) is -0.528. The van der Waals surface area contributed by atoms with Crippen LogP contribution in [-0.2, 0) is 16.0 Å². The van der Waals surface area contributed by atoms with Crippen molar-refractivity contribution >= 4 is 23.4 Å². The Bertz CT molecular complexity index is 582. The van der Waals surface area contributed by atoms with Gasteiger partial charge in [-0.2, -0.15) is 0 Å². The van der Waals surface area contributed by atoms with E-state index in [9.17, 15) is 9.59 Å². The van der Waals surface area contributed by atoms with Crippen LogP contribution in [0.15, 0.2) is 4.42 Å². The van der Waals surface area contributed by atoms with E-state index in [-0.39, 0.29) is 24.0 Å². The Hall–Kier alpha value is -1.91. The molecule has 1 heterocycles. The molecule has 5 heteroatoms. The van der Waals surface area contributed by atoms with Gasteiger partial charge in [-0.05, 0) is 13.0 Å². The van der Waals surface area contributed by atoms with Crippen LogP contribution in [0.4, 0.5) is 0 Å². The average Bonchev–Trinajstić information content (AvgIpc) is 2.56. The molecule has 0 saturated carbocycles. The van der Waals surface area contributed by atoms with Crippen LogP contribution in [0.5, 0.6) is 0 Å². The van der Waals surface area contributed by atoms with Gasteiger partial charge in [-0.15, -0.1) is 0 Å². The highest BCUT2D eigenvalue weighted by Crippen LogP contribution is 2.09. The summed E-state index contributed by atoms with van der Waals surface area (Å²) >= 11 is 0. The molecule has 84 valence electrons. The van der Waals surface area contributed by atoms with Crippen LogP contribution in [0, 0.1) is 5.92 Å². The van der Waals surface area contributed by atoms with Crippen molar-refractivity contribution in [3.8, 4) is 0 Å². The normalized spacial score (nSPS) is 19.2. The molecule has 1 aromatic rings. The van der Waals surface area contributed by atoms with Gasteiger partial charge in [-0.25, -0.2) is 4.98 Å². The molecule has 2 rings (SSSR count). The van der Waals surface area contributed by atoms with Gasteiger partial charge in [-0.3, -0.25) is 9.59 Å². The minimum absolute atomic E-state index is 0.00248. The number of aromatic nitrogens is 1. The van der Waals surface area contributed by atoms with E-state index in [0.29, 0.717) is 16.3 Å². The Morgan fingerprint density at radius 3 is 2.94 bits per heavy atom. The molecule has 0 fully saturated rings. The molecule has 16 heavy (non-hydrogen) atoms. The summed E-state index contributed by atoms with van der Waals surface area (Å²) in [6.07, 6.45) is 1.40. The fraction of sp³-hybridized carbons (Fsp3) is 0.364. The summed E-state index contributed by atoms with van der Waals surface area (Å²) in [4.78, 5) is 26.2. The van der Waals surface area contributed by atoms with Crippen molar-refractivity contribution < 1.29 is 19.1 Å². The number of carboxylic acid groups (broad SMARTS) is 1. The fourth-order valence-corrected chi connectivity index (χ4v) is 1.73. The maximum absolute atomic E-state index is 11.7. The number of oxazole rings is 1. The molecule has 5 nitrogen and oxygen atoms in total. The second-order valence-corrected chi connectivity index (χ2v) is 3.84. The number of nitrogens with zero attached hydrogens (tertiary/aromatic N) is 1. The molecule has 0 bridgehead atoms. The first-order valence-corrected chi connectivity index (χ1v) is 4.93. The molecule has 1 aliphatic rings. The molecule has 0 spiro atoms. The second-order valence-electron chi connectivity index (χ2n) is 3.84. The van der Waals surface area contributed by atoms with E-state index in [1.54, 1.807) is 19.9 Å². The third-order valence-electron chi connectivity index (χ3n) is 2.54. The summed E-state index contributed by atoms with van der Waals surface area (Å²) in [7, 11) is 0. The quantitative estimate of drug-likeness (QED) is 0.726. The van der Waals surface area contributed by atoms with Crippen molar-refractivity contribution in [3.05, 3.63) is 16.7 Å². The van der Waals surface area contributed by atoms with E-state index in [1.807, 2.05) is 0 Å². The Morgan fingerprint density at radius 2 is 2.31 bits per heavy atom. The van der Waals surface area contributed by atoms with Gasteiger partial charge >= 0.3 is 5.97 Å². The van der Waals surface area contributed by atoms with Crippen molar-refractivity contribution in [2.45, 2.75) is 20.3 Å². The summed E-state index contributed by atoms with van der Waals surface area (Å²) in [5.41, 5.74) is 1.03. The van der Waals surface area contributed by atoms with Gasteiger partial charge in [0, 0.05) is 11.5 Å². The number of aliphatic carboxylic acids is 1. The number of hydrogen-bond acceptors (Lipinski definition) is 4. The van der Waals surface area contributed by atoms with Crippen molar-refractivity contribution in [1.29, 1.82) is 0 Å². The SMILES string of the molecule is CC1=c2nc(CC(=O)O)oc2=CC(C)C1=O. The number of rotatable bonds is 2. The zero-order chi connectivity index (χ0) is 11.9. The number of carbonyl (C=O) groups is 2. The molecule has 1 N–H and O–H groups in total. The number of carbonyl (C=O) groups excluding carboxylic acids is 1. The van der Waals surface area contributed by atoms with Gasteiger partial charge in [0.25, 0.3) is 0 Å². The van der Waals surface area contributed by atoms with Crippen LogP contribution >= 0.6 is 0 Å². The van der Waals surface area contributed by atoms with Crippen molar-refractivity contribution in [2.24, 2.45) is 5.92 Å². The van der Waals surface area contributed by atoms with Gasteiger partial charge in [0.2, 0.25) is 5.89 Å². The first kappa shape index (κ1) is 10.6. The molecule has 1 aliphatic carbocycles. The fourth-order valence-electron chi connectivity index (χ4n) is 1.73. The number of ketones is 1. The lowest BCUT2D eigenvalue weighted by molar-refractivity contribution is -0.136. The van der Waals surface area contributed by atoms with Crippen LogP contribution in [0.3, 0.4) is 0 Å². The third kappa shape index (κ3) is 1.64. The predicted molar refractivity (Wildman–Crippen MR) is 54.8 cm³/mol. The first-order chi connectivity index (χ1) is 7.49. The van der Waals surface area contributed by atoms with E-state index in [2.05, 4.69) is 4.98 Å². The van der Waals surface area contributed by atoms with Gasteiger partial charge in [0.1, 0.15) is 11.8 Å². The highest BCUT2D eigenvalue weighted by atomic mass is 16.4. The van der Waals surface area contributed by atoms with Crippen LogP contribution in [0.25, 0.3) is 11.6 Å². The van der Waals surface area contributed by atoms with Crippen molar-refractivity contribution in [3.63, 3.8) is 0 Å². The summed E-state index contributed by atoms with van der Waals surface area (Å²) in [5, 5.41) is 9.09. The first-order valence-electron chi connectivity index (χ1n) is 4.93.